The van der Waals surface area contributed by atoms with Crippen LogP contribution in [-0.4, -0.2) is 21.1 Å². The first-order valence-corrected chi connectivity index (χ1v) is 4.45. The molecule has 36 valence electrons. The molecule has 0 rings (SSSR count). The van der Waals surface area contributed by atoms with Crippen molar-refractivity contribution < 1.29 is 30.3 Å². The number of hydrogen-bond acceptors (Lipinski definition) is 4. The number of hydrogen-bond donors (Lipinski definition) is 0. The van der Waals surface area contributed by atoms with Gasteiger partial charge in [0.25, 0.3) is 0 Å². The normalized spacial score (nSPS) is 4.00. The van der Waals surface area contributed by atoms with Crippen LogP contribution in [0.15, 0.2) is 0 Å². The number of rotatable bonds is 0. The molecule has 0 aliphatic rings. The molecule has 0 unspecified atom stereocenters. The Balaban J connectivity index is 0. The maximum absolute atomic E-state index is 8.54. The molecular weight excluding hydrogens is 284 g/mol. The zero-order chi connectivity index (χ0) is 5.41. The molecule has 0 aromatic rings. The van der Waals surface area contributed by atoms with Crippen molar-refractivity contribution in [1.82, 2.24) is 0 Å². The standard InChI is InChI=1S/4O.Ru.Sn. The van der Waals surface area contributed by atoms with Crippen LogP contribution in [0.1, 0.15) is 0 Å². The van der Waals surface area contributed by atoms with Gasteiger partial charge in [-0.3, -0.25) is 0 Å². The van der Waals surface area contributed by atoms with E-state index in [0.717, 1.165) is 0 Å². The van der Waals surface area contributed by atoms with Crippen LogP contribution >= 0.6 is 0 Å². The third kappa shape index (κ3) is 157. The van der Waals surface area contributed by atoms with E-state index in [9.17, 15) is 0 Å². The van der Waals surface area contributed by atoms with Crippen LogP contribution < -0.4 is 0 Å². The van der Waals surface area contributed by atoms with E-state index in [4.69, 9.17) is 13.3 Å². The molecular formula is O4RuSn. The van der Waals surface area contributed by atoms with Gasteiger partial charge in [0.15, 0.2) is 0 Å². The summed E-state index contributed by atoms with van der Waals surface area (Å²) >= 11 is -4.06. The maximum atomic E-state index is 8.54. The molecule has 0 amide bonds. The Morgan fingerprint density at radius 1 is 1.17 bits per heavy atom. The molecule has 0 heterocycles. The summed E-state index contributed by atoms with van der Waals surface area (Å²) < 4.78 is 34.0. The topological polar surface area (TPSA) is 68.3 Å². The minimum absolute atomic E-state index is 1.79. The fourth-order valence-electron chi connectivity index (χ4n) is 0. The molecule has 0 aromatic carbocycles. The third-order valence-corrected chi connectivity index (χ3v) is 0. The average molecular weight is 284 g/mol. The van der Waals surface area contributed by atoms with Crippen LogP contribution in [0, 0.1) is 0 Å². The molecule has 0 saturated carbocycles. The Labute approximate surface area is 51.4 Å². The van der Waals surface area contributed by atoms with Crippen molar-refractivity contribution in [2.75, 3.05) is 0 Å². The molecule has 6 heteroatoms. The zero-order valence-corrected chi connectivity index (χ0v) is 7.08. The Morgan fingerprint density at radius 3 is 1.17 bits per heavy atom. The van der Waals surface area contributed by atoms with Gasteiger partial charge in [0.2, 0.25) is 0 Å². The van der Waals surface area contributed by atoms with E-state index < -0.39 is 38.1 Å². The molecule has 0 aliphatic carbocycles. The first-order chi connectivity index (χ1) is 2.83. The summed E-state index contributed by atoms with van der Waals surface area (Å²) in [6, 6.07) is 0. The fraction of sp³-hybridized carbons (Fsp3) is 0. The van der Waals surface area contributed by atoms with Gasteiger partial charge in [-0.25, -0.2) is 0 Å². The summed E-state index contributed by atoms with van der Waals surface area (Å²) in [6.45, 7) is 0. The Kier molecular flexibility index (Phi) is 28.5. The van der Waals surface area contributed by atoms with E-state index in [1.807, 2.05) is 0 Å². The van der Waals surface area contributed by atoms with Crippen molar-refractivity contribution >= 4 is 21.1 Å². The second-order valence-corrected chi connectivity index (χ2v) is 0.908. The summed E-state index contributed by atoms with van der Waals surface area (Å²) in [5.74, 6) is 0. The van der Waals surface area contributed by atoms with Gasteiger partial charge in [0.1, 0.15) is 0 Å². The van der Waals surface area contributed by atoms with E-state index in [1.54, 1.807) is 0 Å². The molecule has 0 bridgehead atoms. The van der Waals surface area contributed by atoms with Crippen LogP contribution in [0.5, 0.6) is 0 Å². The molecule has 0 spiro atoms. The molecule has 0 saturated heterocycles. The van der Waals surface area contributed by atoms with Crippen molar-refractivity contribution in [2.24, 2.45) is 0 Å². The van der Waals surface area contributed by atoms with Crippen molar-refractivity contribution in [2.45, 2.75) is 0 Å². The van der Waals surface area contributed by atoms with Crippen LogP contribution in [-0.2, 0) is 30.3 Å². The van der Waals surface area contributed by atoms with E-state index >= 15 is 0 Å². The molecule has 0 atom stereocenters. The van der Waals surface area contributed by atoms with Crippen molar-refractivity contribution in [1.29, 1.82) is 0 Å². The van der Waals surface area contributed by atoms with E-state index in [0.29, 0.717) is 0 Å². The van der Waals surface area contributed by atoms with E-state index in [2.05, 4.69) is 0 Å². The summed E-state index contributed by atoms with van der Waals surface area (Å²) in [5.41, 5.74) is 0. The molecule has 0 fully saturated rings. The molecule has 0 aromatic heterocycles. The summed E-state index contributed by atoms with van der Waals surface area (Å²) in [4.78, 5) is 0. The predicted octanol–water partition coefficient (Wildman–Crippen LogP) is -0.859. The average Bonchev–Trinajstić information content (AvgIpc) is 1.39. The fourth-order valence-corrected chi connectivity index (χ4v) is 0. The molecule has 0 aliphatic heterocycles. The van der Waals surface area contributed by atoms with Crippen molar-refractivity contribution in [3.8, 4) is 0 Å². The molecule has 6 heavy (non-hydrogen) atoms. The molecule has 0 radical (unpaired) electrons. The van der Waals surface area contributed by atoms with E-state index in [1.165, 1.54) is 0 Å². The Hall–Kier alpha value is 0.622. The van der Waals surface area contributed by atoms with Crippen molar-refractivity contribution in [3.05, 3.63) is 0 Å². The van der Waals surface area contributed by atoms with Crippen LogP contribution in [0.25, 0.3) is 0 Å². The predicted molar refractivity (Wildman–Crippen MR) is 8.50 cm³/mol. The van der Waals surface area contributed by atoms with Crippen LogP contribution in [0.2, 0.25) is 0 Å². The van der Waals surface area contributed by atoms with Gasteiger partial charge in [-0.1, -0.05) is 0 Å². The van der Waals surface area contributed by atoms with Crippen LogP contribution in [0.4, 0.5) is 0 Å². The molecule has 0 N–H and O–H groups in total. The minimum atomic E-state index is -2.27. The van der Waals surface area contributed by atoms with Crippen LogP contribution in [0.3, 0.4) is 0 Å². The Morgan fingerprint density at radius 2 is 1.17 bits per heavy atom. The van der Waals surface area contributed by atoms with Gasteiger partial charge in [-0.15, -0.1) is 0 Å². The first kappa shape index (κ1) is 9.80. The van der Waals surface area contributed by atoms with Gasteiger partial charge in [-0.2, -0.15) is 0 Å². The van der Waals surface area contributed by atoms with Gasteiger partial charge >= 0.3 is 51.4 Å². The van der Waals surface area contributed by atoms with Gasteiger partial charge < -0.3 is 0 Å². The van der Waals surface area contributed by atoms with E-state index in [-0.39, 0.29) is 0 Å². The molecule has 4 nitrogen and oxygen atoms in total. The monoisotopic (exact) mass is 286 g/mol. The summed E-state index contributed by atoms with van der Waals surface area (Å²) in [7, 11) is 0. The summed E-state index contributed by atoms with van der Waals surface area (Å²) in [5, 5.41) is 0. The van der Waals surface area contributed by atoms with Gasteiger partial charge in [0.05, 0.1) is 0 Å². The second kappa shape index (κ2) is 17.5. The SMILES string of the molecule is [O]=[Ru]=[O].[O]=[Sn]=[O]. The second-order valence-electron chi connectivity index (χ2n) is 0.142. The van der Waals surface area contributed by atoms with Gasteiger partial charge in [0, 0.05) is 0 Å². The van der Waals surface area contributed by atoms with Gasteiger partial charge in [-0.05, 0) is 0 Å². The third-order valence-electron chi connectivity index (χ3n) is 0. The first-order valence-electron chi connectivity index (χ1n) is 0.697. The Bertz CT molecular complexity index is 61.5. The quantitative estimate of drug-likeness (QED) is 0.543. The summed E-state index contributed by atoms with van der Waals surface area (Å²) in [6.07, 6.45) is 0. The van der Waals surface area contributed by atoms with Crippen molar-refractivity contribution in [3.63, 3.8) is 0 Å². The zero-order valence-electron chi connectivity index (χ0n) is 2.49.